The number of rotatable bonds is 2. The van der Waals surface area contributed by atoms with E-state index in [1.54, 1.807) is 6.92 Å². The van der Waals surface area contributed by atoms with Gasteiger partial charge >= 0.3 is 5.97 Å². The Hall–Kier alpha value is -1.77. The van der Waals surface area contributed by atoms with Crippen molar-refractivity contribution < 1.29 is 9.53 Å². The van der Waals surface area contributed by atoms with E-state index in [1.165, 1.54) is 16.7 Å². The first-order chi connectivity index (χ1) is 8.04. The first-order valence-corrected chi connectivity index (χ1v) is 5.81. The van der Waals surface area contributed by atoms with Gasteiger partial charge in [-0.15, -0.1) is 0 Å². The van der Waals surface area contributed by atoms with E-state index >= 15 is 0 Å². The zero-order chi connectivity index (χ0) is 12.6. The molecule has 1 aromatic heterocycles. The molecule has 2 aromatic rings. The SMILES string of the molecule is CCOC(=O)c1cc2c(C)cc(C)c(C)c2[nH]1. The van der Waals surface area contributed by atoms with E-state index in [0.717, 1.165) is 10.9 Å². The zero-order valence-electron chi connectivity index (χ0n) is 10.7. The van der Waals surface area contributed by atoms with Crippen molar-refractivity contribution in [1.29, 1.82) is 0 Å². The van der Waals surface area contributed by atoms with Crippen molar-refractivity contribution in [3.05, 3.63) is 34.5 Å². The Labute approximate surface area is 101 Å². The first-order valence-electron chi connectivity index (χ1n) is 5.81. The molecule has 0 saturated heterocycles. The summed E-state index contributed by atoms with van der Waals surface area (Å²) in [7, 11) is 0. The molecule has 0 radical (unpaired) electrons. The van der Waals surface area contributed by atoms with Crippen molar-refractivity contribution in [2.45, 2.75) is 27.7 Å². The van der Waals surface area contributed by atoms with Gasteiger partial charge in [-0.25, -0.2) is 4.79 Å². The molecule has 0 fully saturated rings. The van der Waals surface area contributed by atoms with Crippen molar-refractivity contribution in [2.24, 2.45) is 0 Å². The number of aryl methyl sites for hydroxylation is 3. The van der Waals surface area contributed by atoms with E-state index in [2.05, 4.69) is 31.8 Å². The quantitative estimate of drug-likeness (QED) is 0.806. The molecule has 0 aliphatic rings. The summed E-state index contributed by atoms with van der Waals surface area (Å²) in [6, 6.07) is 4.01. The van der Waals surface area contributed by atoms with Crippen LogP contribution in [0.1, 0.15) is 34.1 Å². The first kappa shape index (κ1) is 11.7. The minimum absolute atomic E-state index is 0.292. The number of esters is 1. The van der Waals surface area contributed by atoms with Gasteiger partial charge in [-0.05, 0) is 50.5 Å². The summed E-state index contributed by atoms with van der Waals surface area (Å²) >= 11 is 0. The third-order valence-corrected chi connectivity index (χ3v) is 3.14. The number of benzene rings is 1. The highest BCUT2D eigenvalue weighted by atomic mass is 16.5. The van der Waals surface area contributed by atoms with Gasteiger partial charge in [0.1, 0.15) is 5.69 Å². The predicted octanol–water partition coefficient (Wildman–Crippen LogP) is 3.27. The van der Waals surface area contributed by atoms with Gasteiger partial charge in [-0.1, -0.05) is 6.07 Å². The minimum Gasteiger partial charge on any atom is -0.461 e. The Bertz CT molecular complexity index is 581. The van der Waals surface area contributed by atoms with Gasteiger partial charge in [0.05, 0.1) is 6.61 Å². The van der Waals surface area contributed by atoms with E-state index < -0.39 is 0 Å². The summed E-state index contributed by atoms with van der Waals surface area (Å²) in [4.78, 5) is 14.8. The van der Waals surface area contributed by atoms with Gasteiger partial charge < -0.3 is 9.72 Å². The maximum Gasteiger partial charge on any atom is 0.354 e. The second-order valence-electron chi connectivity index (χ2n) is 4.33. The fourth-order valence-electron chi connectivity index (χ4n) is 2.09. The lowest BCUT2D eigenvalue weighted by atomic mass is 10.0. The molecule has 90 valence electrons. The fourth-order valence-corrected chi connectivity index (χ4v) is 2.09. The number of ether oxygens (including phenoxy) is 1. The molecule has 3 nitrogen and oxygen atoms in total. The third kappa shape index (κ3) is 1.93. The number of aromatic amines is 1. The topological polar surface area (TPSA) is 42.1 Å². The lowest BCUT2D eigenvalue weighted by molar-refractivity contribution is 0.0520. The summed E-state index contributed by atoms with van der Waals surface area (Å²) in [5, 5.41) is 1.09. The maximum absolute atomic E-state index is 11.7. The van der Waals surface area contributed by atoms with Crippen LogP contribution in [0.3, 0.4) is 0 Å². The Morgan fingerprint density at radius 1 is 1.24 bits per heavy atom. The smallest absolute Gasteiger partial charge is 0.354 e. The molecule has 0 spiro atoms. The molecule has 1 N–H and O–H groups in total. The zero-order valence-corrected chi connectivity index (χ0v) is 10.7. The Balaban J connectivity index is 2.61. The number of H-pyrrole nitrogens is 1. The minimum atomic E-state index is -0.292. The standard InChI is InChI=1S/C14H17NO2/c1-5-17-14(16)12-7-11-9(3)6-8(2)10(4)13(11)15-12/h6-7,15H,5H2,1-4H3. The second kappa shape index (κ2) is 4.24. The molecule has 0 amide bonds. The molecule has 2 rings (SSSR count). The van der Waals surface area contributed by atoms with Gasteiger partial charge in [0.25, 0.3) is 0 Å². The lowest BCUT2D eigenvalue weighted by Gasteiger charge is -2.04. The highest BCUT2D eigenvalue weighted by Crippen LogP contribution is 2.25. The van der Waals surface area contributed by atoms with Crippen LogP contribution < -0.4 is 0 Å². The molecular weight excluding hydrogens is 214 g/mol. The van der Waals surface area contributed by atoms with E-state index in [4.69, 9.17) is 4.74 Å². The maximum atomic E-state index is 11.7. The third-order valence-electron chi connectivity index (χ3n) is 3.14. The second-order valence-corrected chi connectivity index (χ2v) is 4.33. The Morgan fingerprint density at radius 2 is 1.94 bits per heavy atom. The molecule has 0 unspecified atom stereocenters. The molecule has 0 atom stereocenters. The average Bonchev–Trinajstić information content (AvgIpc) is 2.72. The summed E-state index contributed by atoms with van der Waals surface area (Å²) < 4.78 is 5.00. The molecule has 1 heterocycles. The molecule has 1 aromatic carbocycles. The molecule has 3 heteroatoms. The lowest BCUT2D eigenvalue weighted by Crippen LogP contribution is -2.04. The summed E-state index contributed by atoms with van der Waals surface area (Å²) in [6.45, 7) is 8.39. The van der Waals surface area contributed by atoms with E-state index in [-0.39, 0.29) is 5.97 Å². The Morgan fingerprint density at radius 3 is 2.59 bits per heavy atom. The van der Waals surface area contributed by atoms with Crippen molar-refractivity contribution >= 4 is 16.9 Å². The van der Waals surface area contributed by atoms with Gasteiger partial charge in [0, 0.05) is 10.9 Å². The normalized spacial score (nSPS) is 10.8. The van der Waals surface area contributed by atoms with Crippen LogP contribution in [0.25, 0.3) is 10.9 Å². The monoisotopic (exact) mass is 231 g/mol. The number of hydrogen-bond acceptors (Lipinski definition) is 2. The number of nitrogens with one attached hydrogen (secondary N) is 1. The number of carbonyl (C=O) groups excluding carboxylic acids is 1. The van der Waals surface area contributed by atoms with Gasteiger partial charge in [-0.2, -0.15) is 0 Å². The highest BCUT2D eigenvalue weighted by Gasteiger charge is 2.13. The largest absolute Gasteiger partial charge is 0.461 e. The van der Waals surface area contributed by atoms with Crippen molar-refractivity contribution in [2.75, 3.05) is 6.61 Å². The molecule has 0 bridgehead atoms. The summed E-state index contributed by atoms with van der Waals surface area (Å²) in [6.07, 6.45) is 0. The van der Waals surface area contributed by atoms with Crippen LogP contribution >= 0.6 is 0 Å². The number of hydrogen-bond donors (Lipinski definition) is 1. The molecule has 17 heavy (non-hydrogen) atoms. The van der Waals surface area contributed by atoms with Crippen LogP contribution in [-0.2, 0) is 4.74 Å². The number of aromatic nitrogens is 1. The van der Waals surface area contributed by atoms with Gasteiger partial charge in [0.15, 0.2) is 0 Å². The van der Waals surface area contributed by atoms with Crippen LogP contribution in [0.4, 0.5) is 0 Å². The van der Waals surface area contributed by atoms with E-state index in [1.807, 2.05) is 6.07 Å². The van der Waals surface area contributed by atoms with Crippen molar-refractivity contribution in [1.82, 2.24) is 4.98 Å². The fraction of sp³-hybridized carbons (Fsp3) is 0.357. The summed E-state index contributed by atoms with van der Waals surface area (Å²) in [5.41, 5.74) is 5.15. The number of carbonyl (C=O) groups is 1. The number of fused-ring (bicyclic) bond motifs is 1. The molecular formula is C14H17NO2. The highest BCUT2D eigenvalue weighted by molar-refractivity contribution is 5.97. The van der Waals surface area contributed by atoms with Gasteiger partial charge in [-0.3, -0.25) is 0 Å². The van der Waals surface area contributed by atoms with E-state index in [0.29, 0.717) is 12.3 Å². The molecule has 0 saturated carbocycles. The van der Waals surface area contributed by atoms with Crippen LogP contribution in [0, 0.1) is 20.8 Å². The van der Waals surface area contributed by atoms with E-state index in [9.17, 15) is 4.79 Å². The predicted molar refractivity (Wildman–Crippen MR) is 68.5 cm³/mol. The molecule has 0 aliphatic heterocycles. The van der Waals surface area contributed by atoms with Crippen molar-refractivity contribution in [3.8, 4) is 0 Å². The Kier molecular flexibility index (Phi) is 2.92. The van der Waals surface area contributed by atoms with Crippen LogP contribution in [0.15, 0.2) is 12.1 Å². The van der Waals surface area contributed by atoms with Crippen molar-refractivity contribution in [3.63, 3.8) is 0 Å². The van der Waals surface area contributed by atoms with Crippen LogP contribution in [0.5, 0.6) is 0 Å². The summed E-state index contributed by atoms with van der Waals surface area (Å²) in [5.74, 6) is -0.292. The average molecular weight is 231 g/mol. The van der Waals surface area contributed by atoms with Crippen LogP contribution in [-0.4, -0.2) is 17.6 Å². The van der Waals surface area contributed by atoms with Gasteiger partial charge in [0.2, 0.25) is 0 Å². The van der Waals surface area contributed by atoms with Crippen LogP contribution in [0.2, 0.25) is 0 Å². The molecule has 0 aliphatic carbocycles.